The van der Waals surface area contributed by atoms with Gasteiger partial charge < -0.3 is 9.72 Å². The molecule has 1 heterocycles. The van der Waals surface area contributed by atoms with Gasteiger partial charge in [-0.2, -0.15) is 0 Å². The number of benzene rings is 2. The summed E-state index contributed by atoms with van der Waals surface area (Å²) in [6, 6.07) is 13.4. The van der Waals surface area contributed by atoms with E-state index in [0.717, 1.165) is 10.9 Å². The molecule has 22 heavy (non-hydrogen) atoms. The van der Waals surface area contributed by atoms with E-state index in [2.05, 4.69) is 4.98 Å². The van der Waals surface area contributed by atoms with Crippen LogP contribution in [0.5, 0.6) is 0 Å². The Morgan fingerprint density at radius 1 is 1.14 bits per heavy atom. The predicted molar refractivity (Wildman–Crippen MR) is 81.7 cm³/mol. The largest absolute Gasteiger partial charge is 0.465 e. The van der Waals surface area contributed by atoms with E-state index in [9.17, 15) is 14.9 Å². The van der Waals surface area contributed by atoms with Crippen LogP contribution in [0, 0.1) is 10.1 Å². The van der Waals surface area contributed by atoms with Crippen molar-refractivity contribution in [2.75, 3.05) is 7.11 Å². The van der Waals surface area contributed by atoms with Gasteiger partial charge in [-0.05, 0) is 23.8 Å². The number of H-pyrrole nitrogens is 1. The number of nitro groups is 1. The van der Waals surface area contributed by atoms with E-state index in [-0.39, 0.29) is 5.69 Å². The first kappa shape index (κ1) is 13.8. The lowest BCUT2D eigenvalue weighted by molar-refractivity contribution is -0.384. The lowest BCUT2D eigenvalue weighted by Gasteiger charge is -2.03. The Bertz CT molecular complexity index is 865. The summed E-state index contributed by atoms with van der Waals surface area (Å²) in [5.41, 5.74) is 2.49. The molecule has 0 aliphatic carbocycles. The average Bonchev–Trinajstić information content (AvgIpc) is 2.93. The molecular formula is C16H12N2O4. The number of carbonyl (C=O) groups excluding carboxylic acids is 1. The monoisotopic (exact) mass is 296 g/mol. The van der Waals surface area contributed by atoms with Gasteiger partial charge in [-0.15, -0.1) is 0 Å². The van der Waals surface area contributed by atoms with Gasteiger partial charge in [0.2, 0.25) is 0 Å². The summed E-state index contributed by atoms with van der Waals surface area (Å²) in [5, 5.41) is 11.5. The van der Waals surface area contributed by atoms with Crippen LogP contribution in [-0.2, 0) is 4.74 Å². The van der Waals surface area contributed by atoms with Crippen LogP contribution in [0.4, 0.5) is 5.69 Å². The smallest absolute Gasteiger partial charge is 0.340 e. The van der Waals surface area contributed by atoms with E-state index in [1.54, 1.807) is 12.1 Å². The van der Waals surface area contributed by atoms with Crippen LogP contribution in [0.1, 0.15) is 10.4 Å². The van der Waals surface area contributed by atoms with Gasteiger partial charge in [0.05, 0.1) is 23.3 Å². The van der Waals surface area contributed by atoms with Crippen molar-refractivity contribution in [2.24, 2.45) is 0 Å². The minimum Gasteiger partial charge on any atom is -0.465 e. The molecule has 3 rings (SSSR count). The number of esters is 1. The summed E-state index contributed by atoms with van der Waals surface area (Å²) in [7, 11) is 1.32. The molecule has 0 bridgehead atoms. The number of carbonyl (C=O) groups is 1. The summed E-state index contributed by atoms with van der Waals surface area (Å²) in [5.74, 6) is -0.453. The number of methoxy groups -OCH3 is 1. The van der Waals surface area contributed by atoms with Crippen molar-refractivity contribution in [1.82, 2.24) is 4.98 Å². The number of nitrogens with zero attached hydrogens (tertiary/aromatic N) is 1. The molecule has 0 saturated carbocycles. The molecule has 3 aromatic rings. The van der Waals surface area contributed by atoms with E-state index in [4.69, 9.17) is 4.74 Å². The molecule has 0 aliphatic heterocycles. The zero-order valence-corrected chi connectivity index (χ0v) is 11.7. The molecule has 6 nitrogen and oxygen atoms in total. The maximum atomic E-state index is 12.1. The molecular weight excluding hydrogens is 284 g/mol. The van der Waals surface area contributed by atoms with Gasteiger partial charge in [-0.1, -0.05) is 18.2 Å². The Morgan fingerprint density at radius 3 is 2.45 bits per heavy atom. The minimum atomic E-state index is -0.462. The van der Waals surface area contributed by atoms with Crippen molar-refractivity contribution in [2.45, 2.75) is 0 Å². The van der Waals surface area contributed by atoms with E-state index in [1.165, 1.54) is 19.2 Å². The van der Waals surface area contributed by atoms with Gasteiger partial charge in [-0.3, -0.25) is 10.1 Å². The van der Waals surface area contributed by atoms with E-state index in [1.807, 2.05) is 24.3 Å². The van der Waals surface area contributed by atoms with Crippen molar-refractivity contribution in [3.8, 4) is 11.3 Å². The Morgan fingerprint density at radius 2 is 1.82 bits per heavy atom. The zero-order chi connectivity index (χ0) is 15.7. The van der Waals surface area contributed by atoms with Crippen LogP contribution in [0.2, 0.25) is 0 Å². The SMILES string of the molecule is COC(=O)c1c(-c2ccc([N+](=O)[O-])cc2)[nH]c2ccccc12. The Balaban J connectivity index is 2.21. The maximum Gasteiger partial charge on any atom is 0.340 e. The highest BCUT2D eigenvalue weighted by Gasteiger charge is 2.20. The van der Waals surface area contributed by atoms with Crippen molar-refractivity contribution >= 4 is 22.6 Å². The second-order valence-electron chi connectivity index (χ2n) is 4.72. The van der Waals surface area contributed by atoms with E-state index in [0.29, 0.717) is 16.8 Å². The molecule has 2 aromatic carbocycles. The lowest BCUT2D eigenvalue weighted by atomic mass is 10.1. The van der Waals surface area contributed by atoms with Gasteiger partial charge >= 0.3 is 5.97 Å². The maximum absolute atomic E-state index is 12.1. The number of para-hydroxylation sites is 1. The molecule has 0 saturated heterocycles. The quantitative estimate of drug-likeness (QED) is 0.455. The van der Waals surface area contributed by atoms with Gasteiger partial charge in [0.1, 0.15) is 0 Å². The number of rotatable bonds is 3. The van der Waals surface area contributed by atoms with Crippen LogP contribution < -0.4 is 0 Å². The standard InChI is InChI=1S/C16H12N2O4/c1-22-16(19)14-12-4-2-3-5-13(12)17-15(14)10-6-8-11(9-7-10)18(20)21/h2-9,17H,1H3. The third-order valence-corrected chi connectivity index (χ3v) is 3.46. The first-order valence-corrected chi connectivity index (χ1v) is 6.55. The first-order chi connectivity index (χ1) is 10.6. The fourth-order valence-electron chi connectivity index (χ4n) is 2.42. The van der Waals surface area contributed by atoms with Crippen molar-refractivity contribution in [1.29, 1.82) is 0 Å². The molecule has 0 amide bonds. The fourth-order valence-corrected chi connectivity index (χ4v) is 2.42. The van der Waals surface area contributed by atoms with Crippen molar-refractivity contribution in [3.63, 3.8) is 0 Å². The number of nitro benzene ring substituents is 1. The average molecular weight is 296 g/mol. The second-order valence-corrected chi connectivity index (χ2v) is 4.72. The van der Waals surface area contributed by atoms with Crippen LogP contribution in [-0.4, -0.2) is 23.0 Å². The van der Waals surface area contributed by atoms with Crippen LogP contribution >= 0.6 is 0 Å². The third kappa shape index (κ3) is 2.20. The van der Waals surface area contributed by atoms with E-state index < -0.39 is 10.9 Å². The summed E-state index contributed by atoms with van der Waals surface area (Å²) >= 11 is 0. The minimum absolute atomic E-state index is 0.000482. The number of ether oxygens (including phenoxy) is 1. The van der Waals surface area contributed by atoms with E-state index >= 15 is 0 Å². The summed E-state index contributed by atoms with van der Waals surface area (Å²) < 4.78 is 4.86. The van der Waals surface area contributed by atoms with Crippen molar-refractivity contribution in [3.05, 3.63) is 64.2 Å². The topological polar surface area (TPSA) is 85.2 Å². The second kappa shape index (κ2) is 5.33. The molecule has 1 aromatic heterocycles. The molecule has 0 aliphatic rings. The number of nitrogens with one attached hydrogen (secondary N) is 1. The number of hydrogen-bond acceptors (Lipinski definition) is 4. The van der Waals surface area contributed by atoms with Gasteiger partial charge in [0.25, 0.3) is 5.69 Å². The molecule has 0 fully saturated rings. The fraction of sp³-hybridized carbons (Fsp3) is 0.0625. The number of aromatic amines is 1. The number of hydrogen-bond donors (Lipinski definition) is 1. The zero-order valence-electron chi connectivity index (χ0n) is 11.7. The molecule has 0 atom stereocenters. The molecule has 6 heteroatoms. The van der Waals surface area contributed by atoms with Crippen LogP contribution in [0.25, 0.3) is 22.2 Å². The summed E-state index contributed by atoms with van der Waals surface area (Å²) in [4.78, 5) is 25.6. The number of aromatic nitrogens is 1. The van der Waals surface area contributed by atoms with Gasteiger partial charge in [0, 0.05) is 23.0 Å². The first-order valence-electron chi connectivity index (χ1n) is 6.55. The van der Waals surface area contributed by atoms with Gasteiger partial charge in [0.15, 0.2) is 0 Å². The third-order valence-electron chi connectivity index (χ3n) is 3.46. The van der Waals surface area contributed by atoms with Gasteiger partial charge in [-0.25, -0.2) is 4.79 Å². The Hall–Kier alpha value is -3.15. The Labute approximate surface area is 125 Å². The predicted octanol–water partition coefficient (Wildman–Crippen LogP) is 3.53. The summed E-state index contributed by atoms with van der Waals surface area (Å²) in [6.07, 6.45) is 0. The number of fused-ring (bicyclic) bond motifs is 1. The lowest BCUT2D eigenvalue weighted by Crippen LogP contribution is -2.02. The number of non-ortho nitro benzene ring substituents is 1. The Kier molecular flexibility index (Phi) is 3.34. The highest BCUT2D eigenvalue weighted by atomic mass is 16.6. The van der Waals surface area contributed by atoms with Crippen molar-refractivity contribution < 1.29 is 14.5 Å². The molecule has 0 unspecified atom stereocenters. The van der Waals surface area contributed by atoms with Crippen LogP contribution in [0.3, 0.4) is 0 Å². The molecule has 0 radical (unpaired) electrons. The normalized spacial score (nSPS) is 10.6. The molecule has 110 valence electrons. The molecule has 0 spiro atoms. The highest BCUT2D eigenvalue weighted by Crippen LogP contribution is 2.31. The van der Waals surface area contributed by atoms with Crippen LogP contribution in [0.15, 0.2) is 48.5 Å². The highest BCUT2D eigenvalue weighted by molar-refractivity contribution is 6.10. The summed E-state index contributed by atoms with van der Waals surface area (Å²) in [6.45, 7) is 0. The molecule has 1 N–H and O–H groups in total.